The van der Waals surface area contributed by atoms with Gasteiger partial charge in [0.2, 0.25) is 0 Å². The largest absolute Gasteiger partial charge is 0.319 e. The first kappa shape index (κ1) is 13.7. The summed E-state index contributed by atoms with van der Waals surface area (Å²) in [6.07, 6.45) is 6.79. The average molecular weight is 327 g/mol. The molecule has 0 spiro atoms. The van der Waals surface area contributed by atoms with E-state index in [9.17, 15) is 4.79 Å². The number of fused-ring (bicyclic) bond motifs is 2. The van der Waals surface area contributed by atoms with Crippen LogP contribution >= 0.6 is 11.6 Å². The van der Waals surface area contributed by atoms with Gasteiger partial charge in [-0.1, -0.05) is 11.6 Å². The Hall–Kier alpha value is -2.93. The van der Waals surface area contributed by atoms with Crippen molar-refractivity contribution in [2.45, 2.75) is 6.92 Å². The van der Waals surface area contributed by atoms with Crippen molar-refractivity contribution in [1.29, 1.82) is 0 Å². The lowest BCUT2D eigenvalue weighted by Crippen LogP contribution is -2.15. The van der Waals surface area contributed by atoms with Crippen LogP contribution in [0.2, 0.25) is 5.02 Å². The van der Waals surface area contributed by atoms with Crippen LogP contribution in [0.25, 0.3) is 16.6 Å². The Bertz CT molecular complexity index is 1050. The van der Waals surface area contributed by atoms with Crippen LogP contribution in [0.4, 0.5) is 5.69 Å². The van der Waals surface area contributed by atoms with Crippen LogP contribution in [0.1, 0.15) is 16.2 Å². The van der Waals surface area contributed by atoms with Crippen molar-refractivity contribution in [2.24, 2.45) is 0 Å². The molecule has 2 N–H and O–H groups in total. The molecule has 0 aliphatic carbocycles. The van der Waals surface area contributed by atoms with Gasteiger partial charge in [-0.15, -0.1) is 0 Å². The summed E-state index contributed by atoms with van der Waals surface area (Å²) in [5, 5.41) is 11.0. The smallest absolute Gasteiger partial charge is 0.278 e. The number of hydrogen-bond donors (Lipinski definition) is 2. The minimum atomic E-state index is -0.362. The van der Waals surface area contributed by atoms with Crippen LogP contribution in [0.5, 0.6) is 0 Å². The fraction of sp³-hybridized carbons (Fsp3) is 0.0667. The first-order chi connectivity index (χ1) is 11.1. The molecule has 0 aliphatic heterocycles. The zero-order chi connectivity index (χ0) is 16.0. The molecule has 1 aromatic carbocycles. The number of rotatable bonds is 2. The quantitative estimate of drug-likeness (QED) is 0.593. The SMILES string of the molecule is Cc1cn2ccnc(C(=O)Nc3cc(Cl)cc4cn[nH]c34)c2n1. The normalized spacial score (nSPS) is 11.2. The number of carbonyl (C=O) groups is 1. The van der Waals surface area contributed by atoms with Crippen molar-refractivity contribution in [3.63, 3.8) is 0 Å². The van der Waals surface area contributed by atoms with E-state index < -0.39 is 0 Å². The van der Waals surface area contributed by atoms with Crippen molar-refractivity contribution in [3.8, 4) is 0 Å². The Morgan fingerprint density at radius 2 is 2.26 bits per heavy atom. The van der Waals surface area contributed by atoms with E-state index in [0.29, 0.717) is 21.9 Å². The molecule has 7 nitrogen and oxygen atoms in total. The van der Waals surface area contributed by atoms with E-state index in [-0.39, 0.29) is 11.6 Å². The maximum Gasteiger partial charge on any atom is 0.278 e. The fourth-order valence-corrected chi connectivity index (χ4v) is 2.73. The van der Waals surface area contributed by atoms with Gasteiger partial charge in [0, 0.05) is 29.0 Å². The summed E-state index contributed by atoms with van der Waals surface area (Å²) in [5.74, 6) is -0.362. The van der Waals surface area contributed by atoms with E-state index in [2.05, 4.69) is 25.5 Å². The molecule has 0 saturated heterocycles. The standard InChI is InChI=1S/C15H11ClN6O/c1-8-7-22-3-2-17-13(14(22)19-8)15(23)20-11-5-10(16)4-9-6-18-21-12(9)11/h2-7H,1H3,(H,18,21)(H,20,23). The molecule has 0 saturated carbocycles. The summed E-state index contributed by atoms with van der Waals surface area (Å²) in [6.45, 7) is 1.86. The lowest BCUT2D eigenvalue weighted by Gasteiger charge is -2.07. The number of anilines is 1. The second kappa shape index (κ2) is 5.06. The maximum absolute atomic E-state index is 12.6. The third-order valence-corrected chi connectivity index (χ3v) is 3.69. The summed E-state index contributed by atoms with van der Waals surface area (Å²) < 4.78 is 1.76. The third kappa shape index (κ3) is 2.31. The van der Waals surface area contributed by atoms with E-state index in [1.165, 1.54) is 0 Å². The highest BCUT2D eigenvalue weighted by atomic mass is 35.5. The van der Waals surface area contributed by atoms with Gasteiger partial charge in [0.15, 0.2) is 11.3 Å². The zero-order valence-electron chi connectivity index (χ0n) is 12.0. The van der Waals surface area contributed by atoms with Crippen molar-refractivity contribution >= 4 is 39.7 Å². The molecule has 0 aliphatic rings. The summed E-state index contributed by atoms with van der Waals surface area (Å²) in [6, 6.07) is 3.43. The van der Waals surface area contributed by atoms with Crippen LogP contribution in [-0.4, -0.2) is 30.5 Å². The summed E-state index contributed by atoms with van der Waals surface area (Å²) in [4.78, 5) is 21.1. The molecule has 0 unspecified atom stereocenters. The number of carbonyl (C=O) groups excluding carboxylic acids is 1. The van der Waals surface area contributed by atoms with Crippen LogP contribution in [0.3, 0.4) is 0 Å². The van der Waals surface area contributed by atoms with Gasteiger partial charge in [-0.05, 0) is 19.1 Å². The minimum Gasteiger partial charge on any atom is -0.319 e. The summed E-state index contributed by atoms with van der Waals surface area (Å²) >= 11 is 6.08. The highest BCUT2D eigenvalue weighted by Crippen LogP contribution is 2.26. The first-order valence-corrected chi connectivity index (χ1v) is 7.24. The number of aromatic amines is 1. The third-order valence-electron chi connectivity index (χ3n) is 3.47. The number of nitrogens with one attached hydrogen (secondary N) is 2. The molecule has 114 valence electrons. The number of halogens is 1. The number of nitrogens with zero attached hydrogens (tertiary/aromatic N) is 4. The van der Waals surface area contributed by atoms with Crippen LogP contribution in [-0.2, 0) is 0 Å². The molecule has 4 rings (SSSR count). The number of aromatic nitrogens is 5. The molecule has 3 aromatic heterocycles. The van der Waals surface area contributed by atoms with Crippen molar-refractivity contribution in [2.75, 3.05) is 5.32 Å². The first-order valence-electron chi connectivity index (χ1n) is 6.86. The number of benzene rings is 1. The fourth-order valence-electron chi connectivity index (χ4n) is 2.50. The van der Waals surface area contributed by atoms with Crippen molar-refractivity contribution in [1.82, 2.24) is 24.6 Å². The van der Waals surface area contributed by atoms with Gasteiger partial charge < -0.3 is 9.72 Å². The highest BCUT2D eigenvalue weighted by molar-refractivity contribution is 6.32. The summed E-state index contributed by atoms with van der Waals surface area (Å²) in [7, 11) is 0. The molecular formula is C15H11ClN6O. The number of hydrogen-bond acceptors (Lipinski definition) is 4. The van der Waals surface area contributed by atoms with Crippen molar-refractivity contribution < 1.29 is 4.79 Å². The van der Waals surface area contributed by atoms with E-state index in [4.69, 9.17) is 11.6 Å². The molecule has 0 fully saturated rings. The second-order valence-electron chi connectivity index (χ2n) is 5.13. The topological polar surface area (TPSA) is 88.0 Å². The number of H-pyrrole nitrogens is 1. The Kier molecular flexibility index (Phi) is 3.02. The van der Waals surface area contributed by atoms with E-state index >= 15 is 0 Å². The van der Waals surface area contributed by atoms with Gasteiger partial charge in [-0.3, -0.25) is 9.89 Å². The van der Waals surface area contributed by atoms with Crippen LogP contribution < -0.4 is 5.32 Å². The Balaban J connectivity index is 1.78. The Labute approximate surface area is 135 Å². The van der Waals surface area contributed by atoms with Gasteiger partial charge in [-0.2, -0.15) is 5.10 Å². The second-order valence-corrected chi connectivity index (χ2v) is 5.57. The van der Waals surface area contributed by atoms with Gasteiger partial charge in [0.1, 0.15) is 0 Å². The lowest BCUT2D eigenvalue weighted by atomic mass is 10.2. The zero-order valence-corrected chi connectivity index (χ0v) is 12.8. The number of amides is 1. The number of aryl methyl sites for hydroxylation is 1. The maximum atomic E-state index is 12.6. The van der Waals surface area contributed by atoms with E-state index in [1.54, 1.807) is 35.1 Å². The molecule has 3 heterocycles. The van der Waals surface area contributed by atoms with E-state index in [0.717, 1.165) is 11.1 Å². The molecular weight excluding hydrogens is 316 g/mol. The molecule has 0 atom stereocenters. The van der Waals surface area contributed by atoms with Crippen LogP contribution in [0.15, 0.2) is 36.9 Å². The highest BCUT2D eigenvalue weighted by Gasteiger charge is 2.16. The molecule has 8 heteroatoms. The van der Waals surface area contributed by atoms with Gasteiger partial charge in [-0.25, -0.2) is 9.97 Å². The molecule has 4 aromatic rings. The van der Waals surface area contributed by atoms with Gasteiger partial charge >= 0.3 is 0 Å². The predicted molar refractivity (Wildman–Crippen MR) is 86.8 cm³/mol. The Morgan fingerprint density at radius 1 is 1.39 bits per heavy atom. The van der Waals surface area contributed by atoms with Crippen LogP contribution in [0, 0.1) is 6.92 Å². The lowest BCUT2D eigenvalue weighted by molar-refractivity contribution is 0.102. The molecule has 0 bridgehead atoms. The molecule has 1 amide bonds. The monoisotopic (exact) mass is 326 g/mol. The predicted octanol–water partition coefficient (Wildman–Crippen LogP) is 2.82. The molecule has 23 heavy (non-hydrogen) atoms. The van der Waals surface area contributed by atoms with Gasteiger partial charge in [0.25, 0.3) is 5.91 Å². The van der Waals surface area contributed by atoms with Gasteiger partial charge in [0.05, 0.1) is 23.1 Å². The number of imidazole rings is 1. The Morgan fingerprint density at radius 3 is 3.13 bits per heavy atom. The van der Waals surface area contributed by atoms with E-state index in [1.807, 2.05) is 13.1 Å². The van der Waals surface area contributed by atoms with Crippen molar-refractivity contribution in [3.05, 3.63) is 53.3 Å². The minimum absolute atomic E-state index is 0.244. The molecule has 0 radical (unpaired) electrons. The summed E-state index contributed by atoms with van der Waals surface area (Å²) in [5.41, 5.74) is 2.81. The average Bonchev–Trinajstić information content (AvgIpc) is 3.11.